The molecule has 0 fully saturated rings. The number of hydrogen-bond acceptors (Lipinski definition) is 13. The van der Waals surface area contributed by atoms with E-state index in [1.807, 2.05) is 71.4 Å². The third-order valence-corrected chi connectivity index (χ3v) is 15.5. The molecule has 508 valence electrons. The van der Waals surface area contributed by atoms with Crippen molar-refractivity contribution < 1.29 is 54.2 Å². The molecular weight excluding hydrogens is 1300 g/mol. The molecule has 5 heterocycles. The molecule has 20 nitrogen and oxygen atoms in total. The van der Waals surface area contributed by atoms with E-state index in [9.17, 15) is 29.1 Å². The number of likely N-dealkylation sites (N-methyl/N-ethyl adjacent to an activating group) is 3. The van der Waals surface area contributed by atoms with E-state index in [4.69, 9.17) is 58.3 Å². The van der Waals surface area contributed by atoms with E-state index in [1.54, 1.807) is 80.5 Å². The summed E-state index contributed by atoms with van der Waals surface area (Å²) < 4.78 is 10.2. The van der Waals surface area contributed by atoms with Gasteiger partial charge in [0.25, 0.3) is 5.91 Å². The fourth-order valence-electron chi connectivity index (χ4n) is 9.63. The average molecular weight is 1380 g/mol. The number of amides is 3. The summed E-state index contributed by atoms with van der Waals surface area (Å²) in [5.74, 6) is -3.99. The smallest absolute Gasteiger partial charge is 0.335 e. The number of aliphatic hydroxyl groups excluding tert-OH is 3. The third-order valence-electron chi connectivity index (χ3n) is 15.0. The third kappa shape index (κ3) is 21.2. The van der Waals surface area contributed by atoms with Crippen LogP contribution in [0.2, 0.25) is 10.0 Å². The van der Waals surface area contributed by atoms with Crippen molar-refractivity contribution >= 4 is 88.0 Å². The summed E-state index contributed by atoms with van der Waals surface area (Å²) in [6.45, 7) is 9.86. The number of carboxylic acid groups (broad SMARTS) is 2. The van der Waals surface area contributed by atoms with E-state index in [0.29, 0.717) is 45.4 Å². The maximum atomic E-state index is 12.3. The zero-order valence-electron chi connectivity index (χ0n) is 55.5. The van der Waals surface area contributed by atoms with Crippen LogP contribution in [0.5, 0.6) is 0 Å². The van der Waals surface area contributed by atoms with Crippen LogP contribution in [-0.2, 0) is 41.6 Å². The maximum absolute atomic E-state index is 12.3. The Hall–Kier alpha value is -9.61. The number of nitrogens with one attached hydrogen (secondary N) is 1. The van der Waals surface area contributed by atoms with Crippen LogP contribution in [0, 0.1) is 27.7 Å². The van der Waals surface area contributed by atoms with Crippen molar-refractivity contribution in [3.8, 4) is 22.5 Å². The molecule has 23 heteroatoms. The number of imidazole rings is 2. The first-order valence-electron chi connectivity index (χ1n) is 30.5. The summed E-state index contributed by atoms with van der Waals surface area (Å²) in [5, 5.41) is 46.0. The van der Waals surface area contributed by atoms with E-state index < -0.39 is 36.3 Å². The van der Waals surface area contributed by atoms with Gasteiger partial charge < -0.3 is 59.1 Å². The number of aliphatic carboxylic acids is 2. The van der Waals surface area contributed by atoms with Gasteiger partial charge in [-0.15, -0.1) is 12.4 Å². The molecule has 0 saturated heterocycles. The van der Waals surface area contributed by atoms with Gasteiger partial charge in [0.2, 0.25) is 18.0 Å². The van der Waals surface area contributed by atoms with Crippen LogP contribution in [0.4, 0.5) is 5.69 Å². The molecule has 0 bridgehead atoms. The number of aromatic nitrogens is 4. The fraction of sp³-hybridized carbons (Fsp3) is 0.243. The number of nitrogens with zero attached hydrogens (tertiary/aromatic N) is 8. The summed E-state index contributed by atoms with van der Waals surface area (Å²) in [6.07, 6.45) is -1.27. The first-order chi connectivity index (χ1) is 45.7. The molecule has 1 aliphatic rings. The van der Waals surface area contributed by atoms with Gasteiger partial charge in [-0.1, -0.05) is 174 Å². The maximum Gasteiger partial charge on any atom is 0.335 e. The van der Waals surface area contributed by atoms with Gasteiger partial charge in [0, 0.05) is 79.4 Å². The molecule has 0 spiro atoms. The summed E-state index contributed by atoms with van der Waals surface area (Å²) in [6, 6.07) is 57.5. The van der Waals surface area contributed by atoms with Crippen molar-refractivity contribution in [3.63, 3.8) is 0 Å². The van der Waals surface area contributed by atoms with E-state index >= 15 is 0 Å². The van der Waals surface area contributed by atoms with Crippen LogP contribution < -0.4 is 5.32 Å². The highest BCUT2D eigenvalue weighted by atomic mass is 35.5. The number of benzodiazepines with no additional fused rings is 1. The molecule has 6 N–H and O–H groups in total. The first kappa shape index (κ1) is 76.4. The molecule has 3 atom stereocenters. The Morgan fingerprint density at radius 3 is 1.40 bits per heavy atom. The van der Waals surface area contributed by atoms with Crippen LogP contribution in [-0.4, -0.2) is 168 Å². The number of carbonyl (C=O) groups is 5. The minimum atomic E-state index is -2.27. The number of aliphatic imine (C=N–C) groups is 1. The van der Waals surface area contributed by atoms with Gasteiger partial charge in [-0.25, -0.2) is 24.5 Å². The number of aliphatic hydroxyl groups is 3. The SMILES string of the molecule is CN(C)CCOC(c1ccccc1)c1ccccc1.Cc1ccc(-c2nc3ccc(C)cn3c2CC(=O)N(C)C)cc1.Cc1ccc(-c2nc3ccc(C)cn3c2CC(=O)N(C)C)cc1.Cl.O=C(O)[C@H](O)[C@@H](O)C(=O)O.O=C1Nc2ccc(Cl)cc2C(c2ccccc2Cl)=NC1O. The molecular formula is C74H80Cl3N9O11. The lowest BCUT2D eigenvalue weighted by atomic mass is 10.0. The number of aryl methyl sites for hydroxylation is 4. The Bertz CT molecular complexity index is 4130. The standard InChI is InChI=1S/2C19H21N3O.C17H21NO.C15H10Cl2N2O2.C4H6O6.ClH/c2*1-13-5-8-15(9-6-13)19-16(11-18(23)21(3)4)22-12-14(2)7-10-17(22)20-19;1-18(2)13-14-19-17(15-9-5-3-6-10-15)16-11-7-4-8-12-16;16-8-5-6-12-10(7-8)13(19-15(21)14(20)18-12)9-3-1-2-4-11(9)17;5-1(3(7)8)2(6)4(9)10;/h2*5-10,12H,11H2,1-4H3;3-12,17H,13-14H2,1-2H3;1-7,15,21H,(H,18,20);1-2,5-6H,(H,7,8)(H,9,10);1H/t;;;;1-,2-;/m....1./s1. The van der Waals surface area contributed by atoms with Crippen LogP contribution >= 0.6 is 35.6 Å². The van der Waals surface area contributed by atoms with Crippen molar-refractivity contribution in [2.24, 2.45) is 4.99 Å². The quantitative estimate of drug-likeness (QED) is 0.0526. The molecule has 6 aromatic carbocycles. The lowest BCUT2D eigenvalue weighted by Crippen LogP contribution is -2.39. The van der Waals surface area contributed by atoms with E-state index in [0.717, 1.165) is 69.5 Å². The van der Waals surface area contributed by atoms with Gasteiger partial charge in [-0.3, -0.25) is 14.4 Å². The van der Waals surface area contributed by atoms with Gasteiger partial charge in [0.05, 0.1) is 53.6 Å². The Balaban J connectivity index is 0.000000195. The number of ether oxygens (including phenoxy) is 1. The largest absolute Gasteiger partial charge is 0.479 e. The van der Waals surface area contributed by atoms with Crippen LogP contribution in [0.1, 0.15) is 62.0 Å². The highest BCUT2D eigenvalue weighted by Gasteiger charge is 2.30. The van der Waals surface area contributed by atoms with Gasteiger partial charge in [-0.2, -0.15) is 0 Å². The molecule has 3 amide bonds. The van der Waals surface area contributed by atoms with Gasteiger partial charge in [0.1, 0.15) is 17.4 Å². The van der Waals surface area contributed by atoms with Crippen LogP contribution in [0.25, 0.3) is 33.8 Å². The second-order valence-corrected chi connectivity index (χ2v) is 24.1. The Kier molecular flexibility index (Phi) is 28.3. The second kappa shape index (κ2) is 35.9. The number of hydrogen-bond donors (Lipinski definition) is 6. The molecule has 4 aromatic heterocycles. The number of halogens is 3. The molecule has 0 radical (unpaired) electrons. The molecule has 1 aliphatic heterocycles. The lowest BCUT2D eigenvalue weighted by molar-refractivity contribution is -0.165. The number of carbonyl (C=O) groups excluding carboxylic acids is 3. The van der Waals surface area contributed by atoms with Crippen molar-refractivity contribution in [2.45, 2.75) is 65.1 Å². The number of anilines is 1. The van der Waals surface area contributed by atoms with E-state index in [-0.39, 0.29) is 30.3 Å². The summed E-state index contributed by atoms with van der Waals surface area (Å²) >= 11 is 12.2. The monoisotopic (exact) mass is 1380 g/mol. The minimum absolute atomic E-state index is 0. The number of fused-ring (bicyclic) bond motifs is 3. The van der Waals surface area contributed by atoms with Crippen molar-refractivity contribution in [1.29, 1.82) is 0 Å². The van der Waals surface area contributed by atoms with Crippen molar-refractivity contribution in [3.05, 3.63) is 254 Å². The van der Waals surface area contributed by atoms with E-state index in [2.05, 4.69) is 140 Å². The van der Waals surface area contributed by atoms with Crippen LogP contribution in [0.3, 0.4) is 0 Å². The zero-order valence-corrected chi connectivity index (χ0v) is 57.8. The number of rotatable bonds is 16. The normalized spacial score (nSPS) is 12.8. The highest BCUT2D eigenvalue weighted by molar-refractivity contribution is 6.37. The van der Waals surface area contributed by atoms with Gasteiger partial charge in [0.15, 0.2) is 12.2 Å². The fourth-order valence-corrected chi connectivity index (χ4v) is 10.0. The molecule has 10 aromatic rings. The molecule has 0 saturated carbocycles. The Morgan fingerprint density at radius 1 is 0.567 bits per heavy atom. The van der Waals surface area contributed by atoms with Crippen LogP contribution in [0.15, 0.2) is 193 Å². The topological polar surface area (TPSA) is 264 Å². The zero-order chi connectivity index (χ0) is 69.9. The molecule has 0 aliphatic carbocycles. The number of carboxylic acids is 2. The molecule has 1 unspecified atom stereocenters. The molecule has 11 rings (SSSR count). The lowest BCUT2D eigenvalue weighted by Gasteiger charge is -2.20. The highest BCUT2D eigenvalue weighted by Crippen LogP contribution is 2.32. The minimum Gasteiger partial charge on any atom is -0.479 e. The predicted octanol–water partition coefficient (Wildman–Crippen LogP) is 11.3. The summed E-state index contributed by atoms with van der Waals surface area (Å²) in [4.78, 5) is 74.8. The first-order valence-corrected chi connectivity index (χ1v) is 31.3. The average Bonchev–Trinajstić information content (AvgIpc) is 1.66. The summed E-state index contributed by atoms with van der Waals surface area (Å²) in [7, 11) is 11.2. The Morgan fingerprint density at radius 2 is 0.990 bits per heavy atom. The van der Waals surface area contributed by atoms with Gasteiger partial charge in [-0.05, 0) is 100 Å². The van der Waals surface area contributed by atoms with E-state index in [1.165, 1.54) is 22.3 Å². The predicted molar refractivity (Wildman–Crippen MR) is 382 cm³/mol. The van der Waals surface area contributed by atoms with Crippen molar-refractivity contribution in [1.82, 2.24) is 33.5 Å². The summed E-state index contributed by atoms with van der Waals surface area (Å²) in [5.41, 5.74) is 16.7. The Labute approximate surface area is 580 Å². The molecule has 97 heavy (non-hydrogen) atoms. The van der Waals surface area contributed by atoms with Crippen molar-refractivity contribution in [2.75, 3.05) is 60.8 Å². The number of pyridine rings is 2. The second-order valence-electron chi connectivity index (χ2n) is 23.3. The number of benzene rings is 6. The van der Waals surface area contributed by atoms with Gasteiger partial charge >= 0.3 is 11.9 Å².